The van der Waals surface area contributed by atoms with Gasteiger partial charge in [-0.3, -0.25) is 14.5 Å². The third-order valence-corrected chi connectivity index (χ3v) is 4.98. The van der Waals surface area contributed by atoms with Crippen molar-refractivity contribution >= 4 is 17.5 Å². The van der Waals surface area contributed by atoms with Gasteiger partial charge in [-0.05, 0) is 24.5 Å². The number of para-hydroxylation sites is 1. The van der Waals surface area contributed by atoms with Crippen molar-refractivity contribution in [2.75, 3.05) is 11.4 Å². The molecule has 1 fully saturated rings. The lowest BCUT2D eigenvalue weighted by Crippen LogP contribution is -2.49. The molecule has 1 unspecified atom stereocenters. The molecule has 3 heterocycles. The number of fused-ring (bicyclic) bond motifs is 1. The summed E-state index contributed by atoms with van der Waals surface area (Å²) in [7, 11) is 0. The number of amides is 2. The molecular formula is C18H20N4O3. The molecule has 2 aliphatic rings. The van der Waals surface area contributed by atoms with E-state index in [1.54, 1.807) is 16.7 Å². The Labute approximate surface area is 145 Å². The highest BCUT2D eigenvalue weighted by Crippen LogP contribution is 2.36. The highest BCUT2D eigenvalue weighted by Gasteiger charge is 2.43. The van der Waals surface area contributed by atoms with Gasteiger partial charge in [0.2, 0.25) is 17.7 Å². The van der Waals surface area contributed by atoms with Gasteiger partial charge in [-0.25, -0.2) is 0 Å². The van der Waals surface area contributed by atoms with E-state index in [0.29, 0.717) is 24.7 Å². The second kappa shape index (κ2) is 5.98. The highest BCUT2D eigenvalue weighted by molar-refractivity contribution is 6.02. The molecule has 7 heteroatoms. The molecule has 130 valence electrons. The molecule has 0 bridgehead atoms. The smallest absolute Gasteiger partial charge is 0.246 e. The van der Waals surface area contributed by atoms with E-state index in [1.165, 1.54) is 6.92 Å². The van der Waals surface area contributed by atoms with Crippen LogP contribution >= 0.6 is 0 Å². The largest absolute Gasteiger partial charge is 0.340 e. The predicted octanol–water partition coefficient (Wildman–Crippen LogP) is 2.02. The van der Waals surface area contributed by atoms with Gasteiger partial charge in [0.05, 0.1) is 6.04 Å². The maximum atomic E-state index is 13.3. The minimum atomic E-state index is -0.497. The third-order valence-electron chi connectivity index (χ3n) is 4.98. The predicted molar refractivity (Wildman–Crippen MR) is 89.8 cm³/mol. The Balaban J connectivity index is 1.63. The zero-order chi connectivity index (χ0) is 17.6. The monoisotopic (exact) mass is 340 g/mol. The Morgan fingerprint density at radius 1 is 1.28 bits per heavy atom. The Morgan fingerprint density at radius 2 is 2.08 bits per heavy atom. The number of nitrogens with zero attached hydrogens (tertiary/aromatic N) is 4. The number of aromatic nitrogens is 2. The van der Waals surface area contributed by atoms with E-state index >= 15 is 0 Å². The van der Waals surface area contributed by atoms with Gasteiger partial charge in [-0.15, -0.1) is 0 Å². The molecule has 1 saturated heterocycles. The van der Waals surface area contributed by atoms with Crippen molar-refractivity contribution in [2.45, 2.75) is 45.2 Å². The molecule has 0 spiro atoms. The molecular weight excluding hydrogens is 320 g/mol. The average Bonchev–Trinajstić information content (AvgIpc) is 3.30. The van der Waals surface area contributed by atoms with Gasteiger partial charge >= 0.3 is 0 Å². The van der Waals surface area contributed by atoms with Gasteiger partial charge in [0.1, 0.15) is 6.04 Å². The third kappa shape index (κ3) is 2.59. The first-order valence-corrected chi connectivity index (χ1v) is 8.54. The number of hydrogen-bond donors (Lipinski definition) is 0. The molecule has 0 saturated carbocycles. The normalized spacial score (nSPS) is 22.3. The fourth-order valence-electron chi connectivity index (χ4n) is 3.91. The van der Waals surface area contributed by atoms with E-state index in [4.69, 9.17) is 4.52 Å². The van der Waals surface area contributed by atoms with E-state index in [-0.39, 0.29) is 17.9 Å². The molecule has 0 radical (unpaired) electrons. The van der Waals surface area contributed by atoms with E-state index in [0.717, 1.165) is 24.1 Å². The van der Waals surface area contributed by atoms with Gasteiger partial charge in [-0.2, -0.15) is 4.98 Å². The molecule has 2 aliphatic heterocycles. The summed E-state index contributed by atoms with van der Waals surface area (Å²) >= 11 is 0. The van der Waals surface area contributed by atoms with E-state index < -0.39 is 6.04 Å². The summed E-state index contributed by atoms with van der Waals surface area (Å²) in [6.07, 6.45) is 2.25. The van der Waals surface area contributed by atoms with Crippen LogP contribution in [0.3, 0.4) is 0 Å². The molecule has 0 N–H and O–H groups in total. The second-order valence-electron chi connectivity index (χ2n) is 6.60. The zero-order valence-corrected chi connectivity index (χ0v) is 14.3. The van der Waals surface area contributed by atoms with E-state index in [9.17, 15) is 9.59 Å². The van der Waals surface area contributed by atoms with Crippen LogP contribution in [-0.2, 0) is 16.0 Å². The number of carbonyl (C=O) groups is 2. The molecule has 25 heavy (non-hydrogen) atoms. The van der Waals surface area contributed by atoms with Crippen molar-refractivity contribution < 1.29 is 14.1 Å². The molecule has 4 rings (SSSR count). The number of aryl methyl sites for hydroxylation is 1. The van der Waals surface area contributed by atoms with Crippen molar-refractivity contribution in [1.29, 1.82) is 0 Å². The molecule has 2 amide bonds. The Hall–Kier alpha value is -2.70. The van der Waals surface area contributed by atoms with Crippen molar-refractivity contribution in [2.24, 2.45) is 0 Å². The molecule has 2 atom stereocenters. The molecule has 1 aromatic carbocycles. The Kier molecular flexibility index (Phi) is 3.78. The quantitative estimate of drug-likeness (QED) is 0.835. The summed E-state index contributed by atoms with van der Waals surface area (Å²) in [5.41, 5.74) is 1.86. The topological polar surface area (TPSA) is 79.5 Å². The van der Waals surface area contributed by atoms with Crippen molar-refractivity contribution in [3.05, 3.63) is 41.5 Å². The lowest BCUT2D eigenvalue weighted by Gasteiger charge is -2.30. The van der Waals surface area contributed by atoms with Crippen LogP contribution in [0.15, 0.2) is 28.8 Å². The summed E-state index contributed by atoms with van der Waals surface area (Å²) in [5, 5.41) is 3.99. The summed E-state index contributed by atoms with van der Waals surface area (Å²) in [6, 6.07) is 7.02. The summed E-state index contributed by atoms with van der Waals surface area (Å²) < 4.78 is 5.08. The van der Waals surface area contributed by atoms with Crippen LogP contribution in [0.1, 0.15) is 43.1 Å². The molecule has 0 aliphatic carbocycles. The highest BCUT2D eigenvalue weighted by atomic mass is 16.5. The number of carbonyl (C=O) groups excluding carboxylic acids is 2. The molecule has 1 aromatic heterocycles. The standard InChI is InChI=1S/C18H20N4O3/c1-11-19-17(20-25-11)15-8-5-9-21(15)18(24)16-10-13-6-3-4-7-14(13)22(16)12(2)23/h3-4,6-7,15-16H,5,8-10H2,1-2H3/t15?,16-/m0/s1. The minimum absolute atomic E-state index is 0.0450. The average molecular weight is 340 g/mol. The first kappa shape index (κ1) is 15.8. The van der Waals surface area contributed by atoms with Crippen LogP contribution in [0, 0.1) is 6.92 Å². The van der Waals surface area contributed by atoms with E-state index in [2.05, 4.69) is 10.1 Å². The van der Waals surface area contributed by atoms with Crippen molar-refractivity contribution in [3.8, 4) is 0 Å². The van der Waals surface area contributed by atoms with Crippen LogP contribution in [0.5, 0.6) is 0 Å². The summed E-state index contributed by atoms with van der Waals surface area (Å²) in [5.74, 6) is 0.881. The first-order chi connectivity index (χ1) is 12.1. The van der Waals surface area contributed by atoms with Gasteiger partial charge in [0, 0.05) is 32.5 Å². The van der Waals surface area contributed by atoms with Crippen LogP contribution in [0.2, 0.25) is 0 Å². The van der Waals surface area contributed by atoms with Gasteiger partial charge in [0.25, 0.3) is 0 Å². The fraction of sp³-hybridized carbons (Fsp3) is 0.444. The lowest BCUT2D eigenvalue weighted by molar-refractivity contribution is -0.135. The van der Waals surface area contributed by atoms with Gasteiger partial charge < -0.3 is 9.42 Å². The number of benzene rings is 1. The van der Waals surface area contributed by atoms with Crippen LogP contribution in [-0.4, -0.2) is 39.4 Å². The number of anilines is 1. The number of hydrogen-bond acceptors (Lipinski definition) is 5. The van der Waals surface area contributed by atoms with Gasteiger partial charge in [-0.1, -0.05) is 23.4 Å². The zero-order valence-electron chi connectivity index (χ0n) is 14.3. The van der Waals surface area contributed by atoms with E-state index in [1.807, 2.05) is 24.3 Å². The number of rotatable bonds is 2. The summed E-state index contributed by atoms with van der Waals surface area (Å²) in [4.78, 5) is 33.2. The van der Waals surface area contributed by atoms with Crippen molar-refractivity contribution in [3.63, 3.8) is 0 Å². The maximum absolute atomic E-state index is 13.3. The second-order valence-corrected chi connectivity index (χ2v) is 6.60. The maximum Gasteiger partial charge on any atom is 0.246 e. The van der Waals surface area contributed by atoms with Crippen LogP contribution in [0.25, 0.3) is 0 Å². The van der Waals surface area contributed by atoms with Crippen molar-refractivity contribution in [1.82, 2.24) is 15.0 Å². The minimum Gasteiger partial charge on any atom is -0.340 e. The Morgan fingerprint density at radius 3 is 2.80 bits per heavy atom. The summed E-state index contributed by atoms with van der Waals surface area (Å²) in [6.45, 7) is 3.89. The fourth-order valence-corrected chi connectivity index (χ4v) is 3.91. The SMILES string of the molecule is CC(=O)N1c2ccccc2C[C@H]1C(=O)N1CCCC1c1noc(C)n1. The molecule has 7 nitrogen and oxygen atoms in total. The lowest BCUT2D eigenvalue weighted by atomic mass is 10.1. The Bertz CT molecular complexity index is 831. The van der Waals surface area contributed by atoms with Crippen LogP contribution in [0.4, 0.5) is 5.69 Å². The molecule has 2 aromatic rings. The number of likely N-dealkylation sites (tertiary alicyclic amines) is 1. The van der Waals surface area contributed by atoms with Gasteiger partial charge in [0.15, 0.2) is 5.82 Å². The van der Waals surface area contributed by atoms with Crippen LogP contribution < -0.4 is 4.90 Å². The first-order valence-electron chi connectivity index (χ1n) is 8.54.